The molecule has 0 radical (unpaired) electrons. The fourth-order valence-corrected chi connectivity index (χ4v) is 4.17. The van der Waals surface area contributed by atoms with Crippen LogP contribution < -0.4 is 5.32 Å². The number of nitrogens with one attached hydrogen (secondary N) is 1. The van der Waals surface area contributed by atoms with E-state index >= 15 is 0 Å². The molecule has 0 aliphatic carbocycles. The molecule has 1 fully saturated rings. The number of fused-ring (bicyclic) bond motifs is 1. The van der Waals surface area contributed by atoms with Gasteiger partial charge in [-0.1, -0.05) is 11.6 Å². The average molecular weight is 357 g/mol. The lowest BCUT2D eigenvalue weighted by Crippen LogP contribution is -2.52. The number of hydrogen-bond acceptors (Lipinski definition) is 5. The lowest BCUT2D eigenvalue weighted by molar-refractivity contribution is -0.136. The highest BCUT2D eigenvalue weighted by atomic mass is 35.5. The maximum absolute atomic E-state index is 12.6. The molecule has 7 nitrogen and oxygen atoms in total. The molecule has 0 aromatic heterocycles. The third kappa shape index (κ3) is 2.72. The largest absolute Gasteiger partial charge is 0.322 e. The van der Waals surface area contributed by atoms with Gasteiger partial charge in [0.25, 0.3) is 5.91 Å². The second-order valence-corrected chi connectivity index (χ2v) is 8.02. The Morgan fingerprint density at radius 1 is 1.26 bits per heavy atom. The molecule has 0 saturated carbocycles. The number of nitrogens with zero attached hydrogens (tertiary/aromatic N) is 1. The van der Waals surface area contributed by atoms with E-state index in [-0.39, 0.29) is 40.8 Å². The lowest BCUT2D eigenvalue weighted by Gasteiger charge is -2.29. The Kier molecular flexibility index (Phi) is 3.68. The molecule has 2 aliphatic rings. The summed E-state index contributed by atoms with van der Waals surface area (Å²) in [6.07, 6.45) is 1.39. The standard InChI is InChI=1S/C14H13ClN2O5S/c1-23(21,22)11-5-7(15)4-8-9(11)6-17(14(8)20)10-2-3-12(18)16-13(10)19/h4-5,10H,2-3,6H2,1H3,(H,16,18,19). The number of imide groups is 1. The molecule has 1 unspecified atom stereocenters. The second-order valence-electron chi connectivity index (χ2n) is 5.60. The van der Waals surface area contributed by atoms with Crippen molar-refractivity contribution in [1.29, 1.82) is 0 Å². The van der Waals surface area contributed by atoms with Crippen LogP contribution in [0.5, 0.6) is 0 Å². The summed E-state index contributed by atoms with van der Waals surface area (Å²) >= 11 is 5.92. The van der Waals surface area contributed by atoms with Crippen molar-refractivity contribution in [2.24, 2.45) is 0 Å². The molecule has 1 atom stereocenters. The fourth-order valence-electron chi connectivity index (χ4n) is 2.92. The van der Waals surface area contributed by atoms with Gasteiger partial charge in [0.2, 0.25) is 11.8 Å². The van der Waals surface area contributed by atoms with Crippen molar-refractivity contribution >= 4 is 39.2 Å². The molecule has 1 N–H and O–H groups in total. The first kappa shape index (κ1) is 15.9. The number of benzene rings is 1. The first-order valence-electron chi connectivity index (χ1n) is 6.85. The average Bonchev–Trinajstić information content (AvgIpc) is 2.74. The van der Waals surface area contributed by atoms with Crippen LogP contribution in [0.4, 0.5) is 0 Å². The maximum atomic E-state index is 12.6. The van der Waals surface area contributed by atoms with Crippen LogP contribution in [0, 0.1) is 0 Å². The zero-order valence-corrected chi connectivity index (χ0v) is 13.7. The van der Waals surface area contributed by atoms with E-state index in [9.17, 15) is 22.8 Å². The Morgan fingerprint density at radius 2 is 1.96 bits per heavy atom. The van der Waals surface area contributed by atoms with Crippen molar-refractivity contribution in [1.82, 2.24) is 10.2 Å². The number of halogens is 1. The maximum Gasteiger partial charge on any atom is 0.255 e. The molecule has 2 heterocycles. The minimum atomic E-state index is -3.57. The summed E-state index contributed by atoms with van der Waals surface area (Å²) in [5, 5.41) is 2.34. The van der Waals surface area contributed by atoms with Gasteiger partial charge in [-0.2, -0.15) is 0 Å². The number of hydrogen-bond donors (Lipinski definition) is 1. The SMILES string of the molecule is CS(=O)(=O)c1cc(Cl)cc2c1CN(C1CCC(=O)NC1=O)C2=O. The lowest BCUT2D eigenvalue weighted by atomic mass is 10.0. The van der Waals surface area contributed by atoms with E-state index < -0.39 is 27.7 Å². The highest BCUT2D eigenvalue weighted by Crippen LogP contribution is 2.34. The van der Waals surface area contributed by atoms with Crippen LogP contribution in [0.1, 0.15) is 28.8 Å². The molecule has 3 rings (SSSR count). The molecule has 0 bridgehead atoms. The number of amides is 3. The van der Waals surface area contributed by atoms with Crippen LogP contribution in [0.25, 0.3) is 0 Å². The van der Waals surface area contributed by atoms with Crippen molar-refractivity contribution < 1.29 is 22.8 Å². The monoisotopic (exact) mass is 356 g/mol. The quantitative estimate of drug-likeness (QED) is 0.778. The van der Waals surface area contributed by atoms with Crippen molar-refractivity contribution in [3.63, 3.8) is 0 Å². The van der Waals surface area contributed by atoms with Crippen molar-refractivity contribution in [3.8, 4) is 0 Å². The minimum Gasteiger partial charge on any atom is -0.322 e. The summed E-state index contributed by atoms with van der Waals surface area (Å²) in [5.74, 6) is -1.38. The number of carbonyl (C=O) groups excluding carboxylic acids is 3. The molecule has 1 saturated heterocycles. The number of rotatable bonds is 2. The first-order valence-corrected chi connectivity index (χ1v) is 9.12. The summed E-state index contributed by atoms with van der Waals surface area (Å²) in [5.41, 5.74) is 0.522. The van der Waals surface area contributed by atoms with Crippen LogP contribution in [0.3, 0.4) is 0 Å². The molecular formula is C14H13ClN2O5S. The van der Waals surface area contributed by atoms with Gasteiger partial charge in [0, 0.05) is 35.4 Å². The summed E-state index contributed by atoms with van der Waals surface area (Å²) in [6.45, 7) is 0.0000159. The van der Waals surface area contributed by atoms with Gasteiger partial charge in [0.05, 0.1) is 4.90 Å². The highest BCUT2D eigenvalue weighted by Gasteiger charge is 2.40. The van der Waals surface area contributed by atoms with Crippen LogP contribution in [0.2, 0.25) is 5.02 Å². The number of sulfone groups is 1. The normalized spacial score (nSPS) is 21.4. The van der Waals surface area contributed by atoms with Gasteiger partial charge in [0.1, 0.15) is 6.04 Å². The third-order valence-electron chi connectivity index (χ3n) is 3.98. The Morgan fingerprint density at radius 3 is 2.57 bits per heavy atom. The molecular weight excluding hydrogens is 344 g/mol. The fraction of sp³-hybridized carbons (Fsp3) is 0.357. The zero-order valence-electron chi connectivity index (χ0n) is 12.1. The van der Waals surface area contributed by atoms with Crippen LogP contribution in [0.15, 0.2) is 17.0 Å². The Hall–Kier alpha value is -1.93. The van der Waals surface area contributed by atoms with Crippen molar-refractivity contribution in [3.05, 3.63) is 28.3 Å². The van der Waals surface area contributed by atoms with Crippen molar-refractivity contribution in [2.75, 3.05) is 6.26 Å². The Labute approximate surface area is 137 Å². The van der Waals surface area contributed by atoms with Gasteiger partial charge >= 0.3 is 0 Å². The van der Waals surface area contributed by atoms with E-state index in [1.165, 1.54) is 17.0 Å². The molecule has 122 valence electrons. The molecule has 23 heavy (non-hydrogen) atoms. The van der Waals surface area contributed by atoms with E-state index in [0.717, 1.165) is 6.26 Å². The predicted molar refractivity (Wildman–Crippen MR) is 80.6 cm³/mol. The molecule has 9 heteroatoms. The topological polar surface area (TPSA) is 101 Å². The minimum absolute atomic E-state index is 0.0000159. The first-order chi connectivity index (χ1) is 10.7. The van der Waals surface area contributed by atoms with Gasteiger partial charge in [-0.25, -0.2) is 8.42 Å². The van der Waals surface area contributed by atoms with Gasteiger partial charge < -0.3 is 4.90 Å². The second kappa shape index (κ2) is 5.31. The zero-order chi connectivity index (χ0) is 16.9. The summed E-state index contributed by atoms with van der Waals surface area (Å²) in [6, 6.07) is 1.91. The van der Waals surface area contributed by atoms with E-state index in [1.54, 1.807) is 0 Å². The smallest absolute Gasteiger partial charge is 0.255 e. The molecule has 1 aromatic carbocycles. The van der Waals surface area contributed by atoms with E-state index in [0.29, 0.717) is 5.56 Å². The van der Waals surface area contributed by atoms with Crippen LogP contribution >= 0.6 is 11.6 Å². The summed E-state index contributed by atoms with van der Waals surface area (Å²) in [7, 11) is -3.57. The third-order valence-corrected chi connectivity index (χ3v) is 5.36. The van der Waals surface area contributed by atoms with Gasteiger partial charge in [-0.3, -0.25) is 19.7 Å². The van der Waals surface area contributed by atoms with Gasteiger partial charge in [-0.15, -0.1) is 0 Å². The van der Waals surface area contributed by atoms with Crippen LogP contribution in [-0.2, 0) is 26.0 Å². The molecule has 0 spiro atoms. The summed E-state index contributed by atoms with van der Waals surface area (Å²) < 4.78 is 23.9. The van der Waals surface area contributed by atoms with E-state index in [2.05, 4.69) is 5.32 Å². The molecule has 2 aliphatic heterocycles. The van der Waals surface area contributed by atoms with Gasteiger partial charge in [-0.05, 0) is 18.6 Å². The van der Waals surface area contributed by atoms with E-state index in [4.69, 9.17) is 11.6 Å². The highest BCUT2D eigenvalue weighted by molar-refractivity contribution is 7.90. The Bertz CT molecular complexity index is 849. The molecule has 1 aromatic rings. The molecule has 3 amide bonds. The summed E-state index contributed by atoms with van der Waals surface area (Å²) in [4.78, 5) is 37.0. The van der Waals surface area contributed by atoms with E-state index in [1.807, 2.05) is 0 Å². The predicted octanol–water partition coefficient (Wildman–Crippen LogP) is 0.504. The van der Waals surface area contributed by atoms with Crippen molar-refractivity contribution in [2.45, 2.75) is 30.3 Å². The van der Waals surface area contributed by atoms with Gasteiger partial charge in [0.15, 0.2) is 9.84 Å². The van der Waals surface area contributed by atoms with Crippen LogP contribution in [-0.4, -0.2) is 43.3 Å². The number of piperidine rings is 1. The Balaban J connectivity index is 2.03. The number of carbonyl (C=O) groups is 3.